The SMILES string of the molecule is C=CC(=O)NCc1n[nH]c(C)n1. The number of rotatable bonds is 3. The van der Waals surface area contributed by atoms with Gasteiger partial charge in [-0.15, -0.1) is 0 Å². The molecule has 64 valence electrons. The Balaban J connectivity index is 2.43. The maximum atomic E-state index is 10.7. The minimum atomic E-state index is -0.225. The summed E-state index contributed by atoms with van der Waals surface area (Å²) in [6, 6.07) is 0. The lowest BCUT2D eigenvalue weighted by Crippen LogP contribution is -2.20. The van der Waals surface area contributed by atoms with E-state index in [-0.39, 0.29) is 5.91 Å². The van der Waals surface area contributed by atoms with Crippen LogP contribution in [0.1, 0.15) is 11.6 Å². The smallest absolute Gasteiger partial charge is 0.243 e. The third-order valence-electron chi connectivity index (χ3n) is 1.25. The second-order valence-corrected chi connectivity index (χ2v) is 2.26. The highest BCUT2D eigenvalue weighted by Gasteiger charge is 1.99. The van der Waals surface area contributed by atoms with Crippen molar-refractivity contribution in [3.05, 3.63) is 24.3 Å². The van der Waals surface area contributed by atoms with Crippen molar-refractivity contribution in [2.45, 2.75) is 13.5 Å². The van der Waals surface area contributed by atoms with Crippen LogP contribution in [0.15, 0.2) is 12.7 Å². The highest BCUT2D eigenvalue weighted by Crippen LogP contribution is 1.88. The molecule has 0 aromatic carbocycles. The Hall–Kier alpha value is -1.65. The average molecular weight is 166 g/mol. The zero-order chi connectivity index (χ0) is 8.97. The van der Waals surface area contributed by atoms with Gasteiger partial charge in [-0.3, -0.25) is 9.89 Å². The molecular formula is C7H10N4O. The Morgan fingerprint density at radius 1 is 1.83 bits per heavy atom. The summed E-state index contributed by atoms with van der Waals surface area (Å²) in [5.74, 6) is 1.08. The molecule has 0 saturated carbocycles. The molecule has 1 aromatic rings. The van der Waals surface area contributed by atoms with Crippen molar-refractivity contribution >= 4 is 5.91 Å². The highest BCUT2D eigenvalue weighted by molar-refractivity contribution is 5.86. The van der Waals surface area contributed by atoms with Crippen LogP contribution in [-0.4, -0.2) is 21.1 Å². The van der Waals surface area contributed by atoms with Crippen LogP contribution in [0.25, 0.3) is 0 Å². The molecule has 5 heteroatoms. The summed E-state index contributed by atoms with van der Waals surface area (Å²) in [7, 11) is 0. The molecule has 0 aliphatic rings. The Morgan fingerprint density at radius 3 is 3.08 bits per heavy atom. The summed E-state index contributed by atoms with van der Waals surface area (Å²) in [6.45, 7) is 5.44. The van der Waals surface area contributed by atoms with Crippen molar-refractivity contribution in [2.24, 2.45) is 0 Å². The first kappa shape index (κ1) is 8.45. The molecule has 5 nitrogen and oxygen atoms in total. The van der Waals surface area contributed by atoms with E-state index >= 15 is 0 Å². The lowest BCUT2D eigenvalue weighted by molar-refractivity contribution is -0.116. The molecule has 1 rings (SSSR count). The molecule has 1 aromatic heterocycles. The van der Waals surface area contributed by atoms with Crippen molar-refractivity contribution in [3.63, 3.8) is 0 Å². The van der Waals surface area contributed by atoms with Gasteiger partial charge in [-0.2, -0.15) is 5.10 Å². The predicted molar refractivity (Wildman–Crippen MR) is 43.2 cm³/mol. The Labute approximate surface area is 69.9 Å². The van der Waals surface area contributed by atoms with Gasteiger partial charge in [0.05, 0.1) is 6.54 Å². The molecule has 1 heterocycles. The van der Waals surface area contributed by atoms with Gasteiger partial charge in [0.2, 0.25) is 5.91 Å². The van der Waals surface area contributed by atoms with Gasteiger partial charge in [0, 0.05) is 0 Å². The molecule has 0 unspecified atom stereocenters. The summed E-state index contributed by atoms with van der Waals surface area (Å²) in [5.41, 5.74) is 0. The largest absolute Gasteiger partial charge is 0.345 e. The number of aromatic amines is 1. The van der Waals surface area contributed by atoms with Crippen molar-refractivity contribution in [3.8, 4) is 0 Å². The van der Waals surface area contributed by atoms with E-state index in [0.29, 0.717) is 12.4 Å². The van der Waals surface area contributed by atoms with Gasteiger partial charge in [0.25, 0.3) is 0 Å². The van der Waals surface area contributed by atoms with Crippen molar-refractivity contribution in [1.29, 1.82) is 0 Å². The van der Waals surface area contributed by atoms with Crippen LogP contribution in [0.4, 0.5) is 0 Å². The molecule has 0 aliphatic carbocycles. The second-order valence-electron chi connectivity index (χ2n) is 2.26. The molecule has 0 aliphatic heterocycles. The second kappa shape index (κ2) is 3.66. The average Bonchev–Trinajstić information content (AvgIpc) is 2.47. The van der Waals surface area contributed by atoms with Gasteiger partial charge in [-0.1, -0.05) is 6.58 Å². The Morgan fingerprint density at radius 2 is 2.58 bits per heavy atom. The quantitative estimate of drug-likeness (QED) is 0.617. The lowest BCUT2D eigenvalue weighted by atomic mass is 10.5. The molecule has 0 saturated heterocycles. The summed E-state index contributed by atoms with van der Waals surface area (Å²) < 4.78 is 0. The molecule has 0 atom stereocenters. The molecule has 12 heavy (non-hydrogen) atoms. The van der Waals surface area contributed by atoms with Crippen LogP contribution in [0.3, 0.4) is 0 Å². The molecule has 0 radical (unpaired) electrons. The number of hydrogen-bond acceptors (Lipinski definition) is 3. The van der Waals surface area contributed by atoms with Gasteiger partial charge in [-0.05, 0) is 13.0 Å². The van der Waals surface area contributed by atoms with Crippen molar-refractivity contribution < 1.29 is 4.79 Å². The van der Waals surface area contributed by atoms with Crippen molar-refractivity contribution in [1.82, 2.24) is 20.5 Å². The molecule has 0 fully saturated rings. The van der Waals surface area contributed by atoms with E-state index in [1.807, 2.05) is 0 Å². The third kappa shape index (κ3) is 2.19. The highest BCUT2D eigenvalue weighted by atomic mass is 16.1. The normalized spacial score (nSPS) is 9.42. The van der Waals surface area contributed by atoms with E-state index in [4.69, 9.17) is 0 Å². The number of hydrogen-bond donors (Lipinski definition) is 2. The van der Waals surface area contributed by atoms with Crippen molar-refractivity contribution in [2.75, 3.05) is 0 Å². The molecule has 0 bridgehead atoms. The molecule has 0 spiro atoms. The van der Waals surface area contributed by atoms with E-state index < -0.39 is 0 Å². The fraction of sp³-hybridized carbons (Fsp3) is 0.286. The number of aromatic nitrogens is 3. The number of H-pyrrole nitrogens is 1. The molecule has 2 N–H and O–H groups in total. The van der Waals surface area contributed by atoms with Crippen LogP contribution in [0.5, 0.6) is 0 Å². The summed E-state index contributed by atoms with van der Waals surface area (Å²) in [4.78, 5) is 14.7. The van der Waals surface area contributed by atoms with E-state index in [9.17, 15) is 4.79 Å². The zero-order valence-electron chi connectivity index (χ0n) is 6.79. The van der Waals surface area contributed by atoms with Gasteiger partial charge in [-0.25, -0.2) is 4.98 Å². The zero-order valence-corrected chi connectivity index (χ0v) is 6.79. The number of nitrogens with one attached hydrogen (secondary N) is 2. The van der Waals surface area contributed by atoms with E-state index in [1.165, 1.54) is 6.08 Å². The number of carbonyl (C=O) groups is 1. The molecule has 1 amide bonds. The number of aryl methyl sites for hydroxylation is 1. The monoisotopic (exact) mass is 166 g/mol. The first-order valence-electron chi connectivity index (χ1n) is 3.50. The van der Waals surface area contributed by atoms with Gasteiger partial charge in [0.15, 0.2) is 5.82 Å². The van der Waals surface area contributed by atoms with Crippen LogP contribution in [-0.2, 0) is 11.3 Å². The maximum absolute atomic E-state index is 10.7. The Kier molecular flexibility index (Phi) is 2.57. The first-order valence-corrected chi connectivity index (χ1v) is 3.50. The third-order valence-corrected chi connectivity index (χ3v) is 1.25. The van der Waals surface area contributed by atoms with E-state index in [0.717, 1.165) is 5.82 Å². The number of carbonyl (C=O) groups excluding carboxylic acids is 1. The summed E-state index contributed by atoms with van der Waals surface area (Å²) in [5, 5.41) is 9.07. The topological polar surface area (TPSA) is 70.7 Å². The minimum Gasteiger partial charge on any atom is -0.345 e. The van der Waals surface area contributed by atoms with Crippen LogP contribution in [0, 0.1) is 6.92 Å². The maximum Gasteiger partial charge on any atom is 0.243 e. The predicted octanol–water partition coefficient (Wildman–Crippen LogP) is -0.0847. The number of nitrogens with zero attached hydrogens (tertiary/aromatic N) is 2. The fourth-order valence-corrected chi connectivity index (χ4v) is 0.706. The lowest BCUT2D eigenvalue weighted by Gasteiger charge is -1.95. The molecular weight excluding hydrogens is 156 g/mol. The summed E-state index contributed by atoms with van der Waals surface area (Å²) in [6.07, 6.45) is 1.21. The standard InChI is InChI=1S/C7H10N4O/c1-3-7(12)8-4-6-9-5(2)10-11-6/h3H,1,4H2,2H3,(H,8,12)(H,9,10,11). The summed E-state index contributed by atoms with van der Waals surface area (Å²) >= 11 is 0. The van der Waals surface area contributed by atoms with Gasteiger partial charge >= 0.3 is 0 Å². The first-order chi connectivity index (χ1) is 5.72. The fourth-order valence-electron chi connectivity index (χ4n) is 0.706. The van der Waals surface area contributed by atoms with E-state index in [1.54, 1.807) is 6.92 Å². The van der Waals surface area contributed by atoms with Crippen LogP contribution in [0.2, 0.25) is 0 Å². The van der Waals surface area contributed by atoms with Crippen LogP contribution >= 0.6 is 0 Å². The van der Waals surface area contributed by atoms with Gasteiger partial charge in [0.1, 0.15) is 5.82 Å². The number of amides is 1. The Bertz CT molecular complexity index is 291. The van der Waals surface area contributed by atoms with E-state index in [2.05, 4.69) is 27.1 Å². The minimum absolute atomic E-state index is 0.225. The van der Waals surface area contributed by atoms with Gasteiger partial charge < -0.3 is 5.32 Å². The van der Waals surface area contributed by atoms with Crippen LogP contribution < -0.4 is 5.32 Å².